The van der Waals surface area contributed by atoms with Gasteiger partial charge in [0.15, 0.2) is 16.5 Å². The normalized spacial score (nSPS) is 11.1. The van der Waals surface area contributed by atoms with Gasteiger partial charge in [-0.3, -0.25) is 10.1 Å². The van der Waals surface area contributed by atoms with Gasteiger partial charge in [0.25, 0.3) is 5.91 Å². The zero-order chi connectivity index (χ0) is 26.3. The first kappa shape index (κ1) is 25.3. The van der Waals surface area contributed by atoms with Crippen LogP contribution >= 0.6 is 47.0 Å². The van der Waals surface area contributed by atoms with Gasteiger partial charge in [0, 0.05) is 11.3 Å². The molecule has 0 aliphatic rings. The maximum atomic E-state index is 12.7. The molecule has 0 unspecified atom stereocenters. The van der Waals surface area contributed by atoms with E-state index in [4.69, 9.17) is 55.9 Å². The number of halogens is 3. The number of thiocarbonyl (C=S) groups is 1. The van der Waals surface area contributed by atoms with Gasteiger partial charge in [-0.15, -0.1) is 0 Å². The Balaban J connectivity index is 1.32. The van der Waals surface area contributed by atoms with E-state index in [0.29, 0.717) is 49.1 Å². The molecule has 0 aliphatic carbocycles. The predicted octanol–water partition coefficient (Wildman–Crippen LogP) is 8.46. The van der Waals surface area contributed by atoms with Crippen molar-refractivity contribution in [1.82, 2.24) is 10.3 Å². The van der Waals surface area contributed by atoms with Gasteiger partial charge in [-0.25, -0.2) is 4.98 Å². The molecule has 0 spiro atoms. The minimum Gasteiger partial charge on any atom is -0.451 e. The average molecular weight is 571 g/mol. The Morgan fingerprint density at radius 3 is 2.54 bits per heavy atom. The van der Waals surface area contributed by atoms with Crippen LogP contribution in [0.4, 0.5) is 5.69 Å². The highest BCUT2D eigenvalue weighted by Crippen LogP contribution is 2.35. The van der Waals surface area contributed by atoms with Gasteiger partial charge < -0.3 is 14.2 Å². The van der Waals surface area contributed by atoms with Gasteiger partial charge in [0.1, 0.15) is 11.3 Å². The molecule has 6 nitrogen and oxygen atoms in total. The molecule has 2 N–H and O–H groups in total. The van der Waals surface area contributed by atoms with E-state index in [1.807, 2.05) is 26.0 Å². The van der Waals surface area contributed by atoms with E-state index in [9.17, 15) is 4.79 Å². The SMILES string of the molecule is Cc1cc(C)c2oc(-c3cc(NC(=S)NC(=O)c4ccc(-c5cccc(Cl)c5Cl)o4)ccc3Cl)nc2c1. The van der Waals surface area contributed by atoms with Crippen LogP contribution in [0.25, 0.3) is 33.9 Å². The van der Waals surface area contributed by atoms with Crippen molar-refractivity contribution in [3.63, 3.8) is 0 Å². The van der Waals surface area contributed by atoms with Crippen LogP contribution in [0.2, 0.25) is 15.1 Å². The average Bonchev–Trinajstić information content (AvgIpc) is 3.50. The molecule has 37 heavy (non-hydrogen) atoms. The van der Waals surface area contributed by atoms with E-state index in [2.05, 4.69) is 15.6 Å². The van der Waals surface area contributed by atoms with Crippen molar-refractivity contribution in [2.45, 2.75) is 13.8 Å². The lowest BCUT2D eigenvalue weighted by Gasteiger charge is -2.10. The van der Waals surface area contributed by atoms with Gasteiger partial charge in [0.05, 0.1) is 20.6 Å². The zero-order valence-electron chi connectivity index (χ0n) is 19.5. The van der Waals surface area contributed by atoms with E-state index in [-0.39, 0.29) is 10.9 Å². The summed E-state index contributed by atoms with van der Waals surface area (Å²) in [5.41, 5.74) is 5.28. The Kier molecular flexibility index (Phi) is 6.96. The Labute approximate surface area is 232 Å². The van der Waals surface area contributed by atoms with Crippen molar-refractivity contribution in [2.75, 3.05) is 5.32 Å². The number of hydrogen-bond donors (Lipinski definition) is 2. The van der Waals surface area contributed by atoms with Gasteiger partial charge in [-0.1, -0.05) is 46.9 Å². The monoisotopic (exact) mass is 569 g/mol. The highest BCUT2D eigenvalue weighted by molar-refractivity contribution is 7.80. The molecule has 0 saturated carbocycles. The molecular weight excluding hydrogens is 553 g/mol. The lowest BCUT2D eigenvalue weighted by molar-refractivity contribution is 0.0951. The van der Waals surface area contributed by atoms with Crippen molar-refractivity contribution in [3.8, 4) is 22.8 Å². The number of carbonyl (C=O) groups is 1. The van der Waals surface area contributed by atoms with Crippen LogP contribution in [0.1, 0.15) is 21.7 Å². The molecule has 0 aliphatic heterocycles. The number of nitrogens with zero attached hydrogens (tertiary/aromatic N) is 1. The van der Waals surface area contributed by atoms with Crippen LogP contribution in [0.15, 0.2) is 69.5 Å². The smallest absolute Gasteiger partial charge is 0.293 e. The largest absolute Gasteiger partial charge is 0.451 e. The molecule has 0 saturated heterocycles. The Morgan fingerprint density at radius 1 is 0.919 bits per heavy atom. The predicted molar refractivity (Wildman–Crippen MR) is 152 cm³/mol. The number of furan rings is 1. The van der Waals surface area contributed by atoms with Crippen molar-refractivity contribution < 1.29 is 13.6 Å². The fourth-order valence-corrected chi connectivity index (χ4v) is 4.69. The van der Waals surface area contributed by atoms with Crippen LogP contribution in [-0.4, -0.2) is 16.0 Å². The van der Waals surface area contributed by atoms with Gasteiger partial charge >= 0.3 is 0 Å². The standard InChI is InChI=1S/C27H18Cl3N3O3S/c1-13-10-14(2)24-20(11-13)32-26(36-24)17-12-15(6-7-18(17)28)31-27(37)33-25(34)22-9-8-21(35-22)16-4-3-5-19(29)23(16)30/h3-12H,1-2H3,(H2,31,33,34,37). The van der Waals surface area contributed by atoms with Crippen molar-refractivity contribution in [3.05, 3.63) is 92.6 Å². The summed E-state index contributed by atoms with van der Waals surface area (Å²) in [5.74, 6) is 0.322. The summed E-state index contributed by atoms with van der Waals surface area (Å²) in [6.07, 6.45) is 0. The third-order valence-corrected chi connectivity index (χ3v) is 6.90. The highest BCUT2D eigenvalue weighted by Gasteiger charge is 2.18. The van der Waals surface area contributed by atoms with E-state index < -0.39 is 5.91 Å². The summed E-state index contributed by atoms with van der Waals surface area (Å²) in [6, 6.07) is 17.5. The van der Waals surface area contributed by atoms with Crippen molar-refractivity contribution >= 4 is 74.8 Å². The Morgan fingerprint density at radius 2 is 1.73 bits per heavy atom. The molecule has 2 aromatic heterocycles. The summed E-state index contributed by atoms with van der Waals surface area (Å²) in [6.45, 7) is 3.97. The first-order valence-electron chi connectivity index (χ1n) is 11.0. The second kappa shape index (κ2) is 10.2. The highest BCUT2D eigenvalue weighted by atomic mass is 35.5. The van der Waals surface area contributed by atoms with Crippen LogP contribution in [-0.2, 0) is 0 Å². The number of nitrogens with one attached hydrogen (secondary N) is 2. The maximum Gasteiger partial charge on any atom is 0.293 e. The van der Waals surface area contributed by atoms with Crippen LogP contribution in [0.5, 0.6) is 0 Å². The molecule has 1 amide bonds. The van der Waals surface area contributed by atoms with Gasteiger partial charge in [-0.2, -0.15) is 0 Å². The quantitative estimate of drug-likeness (QED) is 0.211. The first-order valence-corrected chi connectivity index (χ1v) is 12.6. The number of aromatic nitrogens is 1. The number of anilines is 1. The van der Waals surface area contributed by atoms with Crippen molar-refractivity contribution in [1.29, 1.82) is 0 Å². The molecule has 186 valence electrons. The number of fused-ring (bicyclic) bond motifs is 1. The number of amides is 1. The maximum absolute atomic E-state index is 12.7. The molecule has 5 aromatic rings. The Hall–Kier alpha value is -3.36. The molecule has 10 heteroatoms. The number of oxazole rings is 1. The summed E-state index contributed by atoms with van der Waals surface area (Å²) in [4.78, 5) is 17.3. The van der Waals surface area contributed by atoms with Gasteiger partial charge in [-0.05, 0) is 85.7 Å². The second-order valence-electron chi connectivity index (χ2n) is 8.32. The number of aryl methyl sites for hydroxylation is 2. The van der Waals surface area contributed by atoms with E-state index in [0.717, 1.165) is 16.6 Å². The Bertz CT molecular complexity index is 1690. The molecule has 0 atom stereocenters. The van der Waals surface area contributed by atoms with Crippen LogP contribution in [0, 0.1) is 13.8 Å². The summed E-state index contributed by atoms with van der Waals surface area (Å²) in [7, 11) is 0. The second-order valence-corrected chi connectivity index (χ2v) is 9.92. The van der Waals surface area contributed by atoms with Crippen LogP contribution in [0.3, 0.4) is 0 Å². The zero-order valence-corrected chi connectivity index (χ0v) is 22.6. The minimum atomic E-state index is -0.527. The number of benzene rings is 3. The van der Waals surface area contributed by atoms with E-state index >= 15 is 0 Å². The lowest BCUT2D eigenvalue weighted by atomic mass is 10.1. The van der Waals surface area contributed by atoms with Crippen molar-refractivity contribution in [2.24, 2.45) is 0 Å². The molecule has 3 aromatic carbocycles. The molecule has 0 radical (unpaired) electrons. The fourth-order valence-electron chi connectivity index (χ4n) is 3.88. The minimum absolute atomic E-state index is 0.0594. The van der Waals surface area contributed by atoms with Crippen LogP contribution < -0.4 is 10.6 Å². The summed E-state index contributed by atoms with van der Waals surface area (Å²) < 4.78 is 11.7. The summed E-state index contributed by atoms with van der Waals surface area (Å²) >= 11 is 24.1. The first-order chi connectivity index (χ1) is 17.7. The molecule has 2 heterocycles. The third kappa shape index (κ3) is 5.22. The fraction of sp³-hybridized carbons (Fsp3) is 0.0741. The lowest BCUT2D eigenvalue weighted by Crippen LogP contribution is -2.33. The number of carbonyl (C=O) groups excluding carboxylic acids is 1. The molecule has 0 bridgehead atoms. The molecular formula is C27H18Cl3N3O3S. The molecule has 0 fully saturated rings. The van der Waals surface area contributed by atoms with Gasteiger partial charge in [0.2, 0.25) is 5.89 Å². The summed E-state index contributed by atoms with van der Waals surface area (Å²) in [5, 5.41) is 6.84. The third-order valence-electron chi connectivity index (χ3n) is 5.55. The van der Waals surface area contributed by atoms with E-state index in [1.54, 1.807) is 42.5 Å². The van der Waals surface area contributed by atoms with E-state index in [1.165, 1.54) is 6.07 Å². The number of rotatable bonds is 4. The molecule has 5 rings (SSSR count). The topological polar surface area (TPSA) is 80.3 Å². The number of hydrogen-bond acceptors (Lipinski definition) is 5.